The number of benzene rings is 1. The lowest BCUT2D eigenvalue weighted by Gasteiger charge is -2.10. The summed E-state index contributed by atoms with van der Waals surface area (Å²) in [5, 5.41) is 2.68. The van der Waals surface area contributed by atoms with Crippen LogP contribution in [0.15, 0.2) is 40.0 Å². The number of esters is 1. The molecule has 0 aliphatic carbocycles. The van der Waals surface area contributed by atoms with Gasteiger partial charge in [0.25, 0.3) is 5.56 Å². The molecule has 1 aromatic heterocycles. The first-order chi connectivity index (χ1) is 11.7. The van der Waals surface area contributed by atoms with Crippen molar-refractivity contribution in [2.75, 3.05) is 7.11 Å². The van der Waals surface area contributed by atoms with Crippen molar-refractivity contribution < 1.29 is 27.5 Å². The highest BCUT2D eigenvalue weighted by atomic mass is 32.2. The van der Waals surface area contributed by atoms with Crippen molar-refractivity contribution in [2.45, 2.75) is 16.3 Å². The van der Waals surface area contributed by atoms with Gasteiger partial charge in [-0.25, -0.2) is 0 Å². The van der Waals surface area contributed by atoms with E-state index in [1.54, 1.807) is 0 Å². The van der Waals surface area contributed by atoms with Crippen LogP contribution in [-0.2, 0) is 15.7 Å². The summed E-state index contributed by atoms with van der Waals surface area (Å²) in [6.45, 7) is 0. The zero-order valence-electron chi connectivity index (χ0n) is 12.5. The maximum Gasteiger partial charge on any atom is 0.416 e. The number of carbonyl (C=O) groups excluding carboxylic acids is 2. The fourth-order valence-electron chi connectivity index (χ4n) is 2.27. The van der Waals surface area contributed by atoms with Gasteiger partial charge >= 0.3 is 12.1 Å². The van der Waals surface area contributed by atoms with E-state index >= 15 is 0 Å². The number of ketones is 1. The molecule has 2 aromatic rings. The second kappa shape index (κ2) is 6.03. The number of aromatic nitrogens is 2. The molecular formula is C15H9F3N2O4S. The van der Waals surface area contributed by atoms with Crippen molar-refractivity contribution in [1.82, 2.24) is 9.78 Å². The number of hydrogen-bond donors (Lipinski definition) is 0. The minimum Gasteiger partial charge on any atom is -0.468 e. The van der Waals surface area contributed by atoms with Gasteiger partial charge in [0, 0.05) is 11.0 Å². The highest BCUT2D eigenvalue weighted by molar-refractivity contribution is 8.02. The molecule has 10 heteroatoms. The molecule has 3 rings (SSSR count). The Morgan fingerprint density at radius 3 is 2.64 bits per heavy atom. The van der Waals surface area contributed by atoms with Crippen LogP contribution in [0.4, 0.5) is 13.2 Å². The van der Waals surface area contributed by atoms with Gasteiger partial charge in [0.05, 0.1) is 18.4 Å². The fourth-order valence-corrected chi connectivity index (χ4v) is 3.35. The number of ether oxygens (including phenoxy) is 1. The van der Waals surface area contributed by atoms with Crippen LogP contribution < -0.4 is 5.56 Å². The average Bonchev–Trinajstić information content (AvgIpc) is 2.88. The summed E-state index contributed by atoms with van der Waals surface area (Å²) in [6, 6.07) is 5.07. The summed E-state index contributed by atoms with van der Waals surface area (Å²) < 4.78 is 43.7. The lowest BCUT2D eigenvalue weighted by atomic mass is 10.2. The molecule has 0 bridgehead atoms. The van der Waals surface area contributed by atoms with Crippen molar-refractivity contribution >= 4 is 23.5 Å². The van der Waals surface area contributed by atoms with Gasteiger partial charge in [0.2, 0.25) is 5.78 Å². The molecule has 6 nitrogen and oxygen atoms in total. The first-order valence-corrected chi connectivity index (χ1v) is 7.71. The number of hydrogen-bond acceptors (Lipinski definition) is 6. The van der Waals surface area contributed by atoms with Crippen LogP contribution in [0.5, 0.6) is 0 Å². The molecule has 1 aromatic carbocycles. The maximum atomic E-state index is 12.8. The molecule has 2 heterocycles. The van der Waals surface area contributed by atoms with Crippen molar-refractivity contribution in [2.24, 2.45) is 0 Å². The first-order valence-electron chi connectivity index (χ1n) is 6.83. The Morgan fingerprint density at radius 1 is 1.28 bits per heavy atom. The van der Waals surface area contributed by atoms with Crippen LogP contribution in [0.3, 0.4) is 0 Å². The standard InChI is InChI=1S/C15H9F3N2O4S/c1-24-14(23)13-12(22)11-9(25-13)6-10(21)20(19-11)8-4-2-3-7(5-8)15(16,17)18/h2-6,13H,1H3. The summed E-state index contributed by atoms with van der Waals surface area (Å²) in [7, 11) is 1.12. The van der Waals surface area contributed by atoms with Crippen molar-refractivity contribution in [3.63, 3.8) is 0 Å². The number of nitrogens with zero attached hydrogens (tertiary/aromatic N) is 2. The summed E-state index contributed by atoms with van der Waals surface area (Å²) >= 11 is 0.823. The lowest BCUT2D eigenvalue weighted by molar-refractivity contribution is -0.139. The molecule has 0 radical (unpaired) electrons. The molecule has 1 aliphatic heterocycles. The third-order valence-corrected chi connectivity index (χ3v) is 4.65. The molecule has 0 fully saturated rings. The highest BCUT2D eigenvalue weighted by Crippen LogP contribution is 2.36. The van der Waals surface area contributed by atoms with Crippen molar-refractivity contribution in [3.05, 3.63) is 51.9 Å². The monoisotopic (exact) mass is 370 g/mol. The fraction of sp³-hybridized carbons (Fsp3) is 0.200. The third kappa shape index (κ3) is 3.04. The Kier molecular flexibility index (Phi) is 4.15. The maximum absolute atomic E-state index is 12.8. The molecule has 0 N–H and O–H groups in total. The van der Waals surface area contributed by atoms with E-state index in [-0.39, 0.29) is 16.3 Å². The molecule has 130 valence electrons. The van der Waals surface area contributed by atoms with Crippen LogP contribution in [0.25, 0.3) is 5.69 Å². The molecule has 1 atom stereocenters. The van der Waals surface area contributed by atoms with Gasteiger partial charge < -0.3 is 4.74 Å². The normalized spacial score (nSPS) is 16.6. The van der Waals surface area contributed by atoms with Crippen LogP contribution in [0.1, 0.15) is 16.1 Å². The number of thioether (sulfide) groups is 1. The van der Waals surface area contributed by atoms with E-state index < -0.39 is 34.3 Å². The number of rotatable bonds is 2. The molecular weight excluding hydrogens is 361 g/mol. The second-order valence-corrected chi connectivity index (χ2v) is 6.19. The van der Waals surface area contributed by atoms with Crippen molar-refractivity contribution in [1.29, 1.82) is 0 Å². The molecule has 25 heavy (non-hydrogen) atoms. The summed E-state index contributed by atoms with van der Waals surface area (Å²) in [4.78, 5) is 36.2. The Balaban J connectivity index is 2.08. The highest BCUT2D eigenvalue weighted by Gasteiger charge is 2.40. The van der Waals surface area contributed by atoms with E-state index in [2.05, 4.69) is 9.84 Å². The number of carbonyl (C=O) groups is 2. The Bertz CT molecular complexity index is 939. The number of alkyl halides is 3. The van der Waals surface area contributed by atoms with E-state index in [1.165, 1.54) is 6.07 Å². The molecule has 0 saturated heterocycles. The summed E-state index contributed by atoms with van der Waals surface area (Å²) in [5.74, 6) is -1.45. The first kappa shape index (κ1) is 17.2. The molecule has 1 aliphatic rings. The average molecular weight is 370 g/mol. The van der Waals surface area contributed by atoms with E-state index in [1.807, 2.05) is 0 Å². The van der Waals surface area contributed by atoms with Crippen LogP contribution in [-0.4, -0.2) is 33.9 Å². The lowest BCUT2D eigenvalue weighted by Crippen LogP contribution is -2.27. The van der Waals surface area contributed by atoms with Crippen molar-refractivity contribution in [3.8, 4) is 5.69 Å². The third-order valence-electron chi connectivity index (χ3n) is 3.45. The molecule has 1 unspecified atom stereocenters. The zero-order valence-corrected chi connectivity index (χ0v) is 13.4. The topological polar surface area (TPSA) is 78.3 Å². The van der Waals surface area contributed by atoms with E-state index in [0.717, 1.165) is 43.1 Å². The SMILES string of the molecule is COC(=O)C1Sc2cc(=O)n(-c3cccc(C(F)(F)F)c3)nc2C1=O. The molecule has 0 saturated carbocycles. The second-order valence-electron chi connectivity index (χ2n) is 5.04. The van der Waals surface area contributed by atoms with E-state index in [4.69, 9.17) is 0 Å². The van der Waals surface area contributed by atoms with Crippen LogP contribution in [0.2, 0.25) is 0 Å². The Morgan fingerprint density at radius 2 is 2.00 bits per heavy atom. The number of methoxy groups -OCH3 is 1. The van der Waals surface area contributed by atoms with Gasteiger partial charge in [-0.2, -0.15) is 23.0 Å². The summed E-state index contributed by atoms with van der Waals surface area (Å²) in [6.07, 6.45) is -4.59. The van der Waals surface area contributed by atoms with E-state index in [9.17, 15) is 27.6 Å². The summed E-state index contributed by atoms with van der Waals surface area (Å²) in [5.41, 5.74) is -1.96. The Labute approximate surface area is 142 Å². The number of Topliss-reactive ketones (excluding diaryl/α,β-unsaturated/α-hetero) is 1. The number of halogens is 3. The smallest absolute Gasteiger partial charge is 0.416 e. The van der Waals surface area contributed by atoms with Gasteiger partial charge in [-0.3, -0.25) is 14.4 Å². The van der Waals surface area contributed by atoms with Gasteiger partial charge in [-0.1, -0.05) is 17.8 Å². The van der Waals surface area contributed by atoms with Gasteiger partial charge in [0.1, 0.15) is 5.69 Å². The predicted molar refractivity (Wildman–Crippen MR) is 80.8 cm³/mol. The molecule has 0 amide bonds. The largest absolute Gasteiger partial charge is 0.468 e. The zero-order chi connectivity index (χ0) is 18.4. The van der Waals surface area contributed by atoms with Crippen LogP contribution in [0, 0.1) is 0 Å². The minimum absolute atomic E-state index is 0.137. The van der Waals surface area contributed by atoms with Gasteiger partial charge in [0.15, 0.2) is 5.25 Å². The van der Waals surface area contributed by atoms with Gasteiger partial charge in [-0.15, -0.1) is 0 Å². The quantitative estimate of drug-likeness (QED) is 0.595. The number of fused-ring (bicyclic) bond motifs is 1. The van der Waals surface area contributed by atoms with Crippen LogP contribution >= 0.6 is 11.8 Å². The Hall–Kier alpha value is -2.62. The minimum atomic E-state index is -4.59. The van der Waals surface area contributed by atoms with Gasteiger partial charge in [-0.05, 0) is 18.2 Å². The predicted octanol–water partition coefficient (Wildman–Crippen LogP) is 2.08. The molecule has 0 spiro atoms. The van der Waals surface area contributed by atoms with E-state index in [0.29, 0.717) is 4.68 Å².